The Morgan fingerprint density at radius 3 is 1.80 bits per heavy atom. The molecule has 0 bridgehead atoms. The second-order valence-electron chi connectivity index (χ2n) is 14.5. The first kappa shape index (κ1) is 30.7. The van der Waals surface area contributed by atoms with Crippen LogP contribution in [0.3, 0.4) is 0 Å². The molecule has 6 aromatic carbocycles. The van der Waals surface area contributed by atoms with Gasteiger partial charge in [0, 0.05) is 44.2 Å². The molecule has 51 heavy (non-hydrogen) atoms. The van der Waals surface area contributed by atoms with Gasteiger partial charge in [-0.25, -0.2) is 9.97 Å². The van der Waals surface area contributed by atoms with Gasteiger partial charge in [-0.1, -0.05) is 149 Å². The fraction of sp³-hybridized carbons (Fsp3) is 0.128. The van der Waals surface area contributed by atoms with Gasteiger partial charge in [0.05, 0.1) is 17.0 Å². The Morgan fingerprint density at radius 2 is 1.04 bits per heavy atom. The van der Waals surface area contributed by atoms with Gasteiger partial charge in [0.2, 0.25) is 0 Å². The summed E-state index contributed by atoms with van der Waals surface area (Å²) in [6.07, 6.45) is 0. The van der Waals surface area contributed by atoms with Crippen LogP contribution in [0.4, 0.5) is 0 Å². The molecular weight excluding hydrogens is 623 g/mol. The number of ether oxygens (including phenoxy) is 1. The highest BCUT2D eigenvalue weighted by Crippen LogP contribution is 2.53. The lowest BCUT2D eigenvalue weighted by molar-refractivity contribution is 0.418. The Balaban J connectivity index is 1.23. The summed E-state index contributed by atoms with van der Waals surface area (Å²) in [5, 5.41) is 10.0. The molecule has 0 saturated heterocycles. The van der Waals surface area contributed by atoms with Crippen molar-refractivity contribution in [3.8, 4) is 73.7 Å². The standard InChI is InChI=1S/C47H35N3O/c1-46(2)37-21-11-10-18-33(37)34-25-24-30(26-40(34)46)42-27-41(29-14-6-5-7-15-29)49-45(50-42)36-19-9-8-17-32(36)35-20-13-23-39-44(35)51-43-31(28-48)16-12-22-38(43)47(39,3)4/h5-27H,1-4H3. The number of aromatic nitrogens is 2. The number of rotatable bonds is 4. The van der Waals surface area contributed by atoms with Gasteiger partial charge in [0.1, 0.15) is 17.6 Å². The molecule has 1 aliphatic carbocycles. The molecule has 1 aliphatic heterocycles. The zero-order valence-electron chi connectivity index (χ0n) is 29.0. The zero-order chi connectivity index (χ0) is 34.9. The van der Waals surface area contributed by atoms with Crippen LogP contribution in [0, 0.1) is 11.3 Å². The van der Waals surface area contributed by atoms with Crippen molar-refractivity contribution >= 4 is 0 Å². The smallest absolute Gasteiger partial charge is 0.161 e. The van der Waals surface area contributed by atoms with E-state index in [0.717, 1.165) is 56.1 Å². The summed E-state index contributed by atoms with van der Waals surface area (Å²) in [4.78, 5) is 10.5. The first-order valence-corrected chi connectivity index (χ1v) is 17.4. The molecule has 0 fully saturated rings. The number of benzene rings is 6. The summed E-state index contributed by atoms with van der Waals surface area (Å²) < 4.78 is 6.72. The van der Waals surface area contributed by atoms with E-state index < -0.39 is 0 Å². The average Bonchev–Trinajstić information content (AvgIpc) is 3.40. The summed E-state index contributed by atoms with van der Waals surface area (Å²) >= 11 is 0. The van der Waals surface area contributed by atoms with Crippen molar-refractivity contribution in [3.05, 3.63) is 167 Å². The number of nitriles is 1. The minimum absolute atomic E-state index is 0.128. The fourth-order valence-electron chi connectivity index (χ4n) is 8.07. The van der Waals surface area contributed by atoms with Crippen LogP contribution in [0.25, 0.3) is 56.2 Å². The second-order valence-corrected chi connectivity index (χ2v) is 14.5. The van der Waals surface area contributed by atoms with Crippen molar-refractivity contribution in [3.63, 3.8) is 0 Å². The van der Waals surface area contributed by atoms with Crippen molar-refractivity contribution in [2.45, 2.75) is 38.5 Å². The van der Waals surface area contributed by atoms with E-state index >= 15 is 0 Å². The van der Waals surface area contributed by atoms with Gasteiger partial charge >= 0.3 is 0 Å². The highest BCUT2D eigenvalue weighted by atomic mass is 16.5. The van der Waals surface area contributed by atoms with Crippen molar-refractivity contribution in [2.24, 2.45) is 0 Å². The van der Waals surface area contributed by atoms with Gasteiger partial charge < -0.3 is 4.74 Å². The van der Waals surface area contributed by atoms with Crippen LogP contribution < -0.4 is 4.74 Å². The largest absolute Gasteiger partial charge is 0.455 e. The molecule has 0 radical (unpaired) electrons. The number of fused-ring (bicyclic) bond motifs is 5. The van der Waals surface area contributed by atoms with Crippen LogP contribution in [-0.2, 0) is 10.8 Å². The van der Waals surface area contributed by atoms with E-state index in [9.17, 15) is 5.26 Å². The van der Waals surface area contributed by atoms with Crippen LogP contribution in [-0.4, -0.2) is 9.97 Å². The lowest BCUT2D eigenvalue weighted by Crippen LogP contribution is -2.25. The lowest BCUT2D eigenvalue weighted by Gasteiger charge is -2.36. The Labute approximate surface area is 298 Å². The fourth-order valence-corrected chi connectivity index (χ4v) is 8.07. The zero-order valence-corrected chi connectivity index (χ0v) is 29.0. The van der Waals surface area contributed by atoms with Crippen LogP contribution in [0.5, 0.6) is 11.5 Å². The van der Waals surface area contributed by atoms with Gasteiger partial charge in [-0.15, -0.1) is 0 Å². The lowest BCUT2D eigenvalue weighted by atomic mass is 9.74. The predicted octanol–water partition coefficient (Wildman–Crippen LogP) is 11.8. The average molecular weight is 658 g/mol. The van der Waals surface area contributed by atoms with E-state index in [2.05, 4.69) is 131 Å². The molecule has 0 N–H and O–H groups in total. The second kappa shape index (κ2) is 11.4. The van der Waals surface area contributed by atoms with Gasteiger partial charge in [0.25, 0.3) is 0 Å². The summed E-state index contributed by atoms with van der Waals surface area (Å²) in [5.41, 5.74) is 13.9. The Morgan fingerprint density at radius 1 is 0.471 bits per heavy atom. The highest BCUT2D eigenvalue weighted by molar-refractivity contribution is 5.88. The summed E-state index contributed by atoms with van der Waals surface area (Å²) in [6, 6.07) is 50.6. The first-order valence-electron chi connectivity index (χ1n) is 17.4. The Kier molecular flexibility index (Phi) is 6.85. The van der Waals surface area contributed by atoms with Gasteiger partial charge in [0.15, 0.2) is 5.82 Å². The SMILES string of the molecule is CC1(C)c2ccccc2-c2ccc(-c3cc(-c4ccccc4)nc(-c4ccccc4-c4cccc5c4Oc4c(C#N)cccc4C5(C)C)n3)cc21. The third-order valence-electron chi connectivity index (χ3n) is 10.8. The van der Waals surface area contributed by atoms with Gasteiger partial charge in [-0.05, 0) is 46.0 Å². The molecule has 244 valence electrons. The van der Waals surface area contributed by atoms with Crippen molar-refractivity contribution in [2.75, 3.05) is 0 Å². The minimum Gasteiger partial charge on any atom is -0.455 e. The van der Waals surface area contributed by atoms with E-state index in [-0.39, 0.29) is 10.8 Å². The molecule has 0 spiro atoms. The molecule has 7 aromatic rings. The van der Waals surface area contributed by atoms with Crippen LogP contribution in [0.2, 0.25) is 0 Å². The third kappa shape index (κ3) is 4.73. The summed E-state index contributed by atoms with van der Waals surface area (Å²) in [6.45, 7) is 9.00. The van der Waals surface area contributed by atoms with E-state index in [1.165, 1.54) is 22.3 Å². The molecule has 4 heteroatoms. The maximum atomic E-state index is 10.0. The Bertz CT molecular complexity index is 2580. The summed E-state index contributed by atoms with van der Waals surface area (Å²) in [7, 11) is 0. The van der Waals surface area contributed by atoms with Crippen molar-refractivity contribution < 1.29 is 4.74 Å². The van der Waals surface area contributed by atoms with Gasteiger partial charge in [-0.3, -0.25) is 0 Å². The normalized spacial score (nSPS) is 14.3. The van der Waals surface area contributed by atoms with E-state index in [1.807, 2.05) is 42.5 Å². The number of hydrogen-bond donors (Lipinski definition) is 0. The number of nitrogens with zero attached hydrogens (tertiary/aromatic N) is 3. The summed E-state index contributed by atoms with van der Waals surface area (Å²) in [5.74, 6) is 2.01. The van der Waals surface area contributed by atoms with Crippen LogP contribution in [0.1, 0.15) is 55.5 Å². The van der Waals surface area contributed by atoms with Crippen molar-refractivity contribution in [1.82, 2.24) is 9.97 Å². The predicted molar refractivity (Wildman–Crippen MR) is 205 cm³/mol. The molecule has 0 unspecified atom stereocenters. The molecule has 2 aliphatic rings. The molecule has 4 nitrogen and oxygen atoms in total. The molecule has 1 aromatic heterocycles. The number of para-hydroxylation sites is 2. The molecule has 9 rings (SSSR count). The monoisotopic (exact) mass is 657 g/mol. The van der Waals surface area contributed by atoms with Gasteiger partial charge in [-0.2, -0.15) is 5.26 Å². The topological polar surface area (TPSA) is 58.8 Å². The van der Waals surface area contributed by atoms with E-state index in [1.54, 1.807) is 0 Å². The first-order chi connectivity index (χ1) is 24.8. The maximum Gasteiger partial charge on any atom is 0.161 e. The van der Waals surface area contributed by atoms with E-state index in [0.29, 0.717) is 17.1 Å². The Hall–Kier alpha value is -6.31. The molecule has 0 amide bonds. The minimum atomic E-state index is -0.376. The van der Waals surface area contributed by atoms with Crippen molar-refractivity contribution in [1.29, 1.82) is 5.26 Å². The molecule has 0 atom stereocenters. The van der Waals surface area contributed by atoms with E-state index in [4.69, 9.17) is 14.7 Å². The van der Waals surface area contributed by atoms with Crippen LogP contribution >= 0.6 is 0 Å². The highest BCUT2D eigenvalue weighted by Gasteiger charge is 2.38. The quantitative estimate of drug-likeness (QED) is 0.189. The number of hydrogen-bond acceptors (Lipinski definition) is 4. The maximum absolute atomic E-state index is 10.0. The third-order valence-corrected chi connectivity index (χ3v) is 10.8. The molecule has 0 saturated carbocycles. The van der Waals surface area contributed by atoms with Crippen LogP contribution in [0.15, 0.2) is 140 Å². The molecular formula is C47H35N3O. The molecule has 2 heterocycles.